The third kappa shape index (κ3) is 3.82. The number of hydrogen-bond acceptors (Lipinski definition) is 2. The van der Waals surface area contributed by atoms with Crippen molar-refractivity contribution in [3.63, 3.8) is 0 Å². The van der Waals surface area contributed by atoms with E-state index in [2.05, 4.69) is 5.32 Å². The van der Waals surface area contributed by atoms with Crippen LogP contribution in [0.3, 0.4) is 0 Å². The highest BCUT2D eigenvalue weighted by Gasteiger charge is 2.16. The van der Waals surface area contributed by atoms with Crippen LogP contribution in [0, 0.1) is 17.6 Å². The topological polar surface area (TPSA) is 21.3 Å². The lowest BCUT2D eigenvalue weighted by molar-refractivity contribution is 0.201. The molecule has 1 saturated heterocycles. The molecule has 96 valence electrons. The summed E-state index contributed by atoms with van der Waals surface area (Å²) in [7, 11) is 0. The minimum absolute atomic E-state index is 0. The van der Waals surface area contributed by atoms with Gasteiger partial charge >= 0.3 is 0 Å². The van der Waals surface area contributed by atoms with E-state index in [0.717, 1.165) is 25.9 Å². The Balaban J connectivity index is 0.00000144. The van der Waals surface area contributed by atoms with Crippen molar-refractivity contribution in [1.82, 2.24) is 5.32 Å². The average molecular weight is 264 g/mol. The number of halogens is 3. The Labute approximate surface area is 106 Å². The molecule has 0 unspecified atom stereocenters. The van der Waals surface area contributed by atoms with Crippen LogP contribution >= 0.6 is 12.4 Å². The fourth-order valence-corrected chi connectivity index (χ4v) is 1.87. The molecule has 0 aromatic heterocycles. The van der Waals surface area contributed by atoms with Gasteiger partial charge in [0.15, 0.2) is 17.4 Å². The summed E-state index contributed by atoms with van der Waals surface area (Å²) < 4.78 is 31.7. The highest BCUT2D eigenvalue weighted by Crippen LogP contribution is 2.22. The van der Waals surface area contributed by atoms with Gasteiger partial charge in [-0.2, -0.15) is 0 Å². The van der Waals surface area contributed by atoms with Crippen molar-refractivity contribution in [1.29, 1.82) is 0 Å². The number of nitrogens with one attached hydrogen (secondary N) is 1. The Morgan fingerprint density at radius 1 is 1.18 bits per heavy atom. The molecule has 1 N–H and O–H groups in total. The van der Waals surface area contributed by atoms with Gasteiger partial charge in [-0.15, -0.1) is 12.4 Å². The van der Waals surface area contributed by atoms with Crippen LogP contribution in [0.25, 0.3) is 0 Å². The zero-order valence-electron chi connectivity index (χ0n) is 9.42. The average Bonchev–Trinajstić information content (AvgIpc) is 2.30. The second-order valence-corrected chi connectivity index (χ2v) is 4.06. The zero-order valence-corrected chi connectivity index (χ0v) is 10.2. The van der Waals surface area contributed by atoms with E-state index in [9.17, 15) is 8.78 Å². The minimum Gasteiger partial charge on any atom is -0.487 e. The van der Waals surface area contributed by atoms with Crippen LogP contribution in [0.15, 0.2) is 18.2 Å². The predicted molar refractivity (Wildman–Crippen MR) is 64.7 cm³/mol. The summed E-state index contributed by atoms with van der Waals surface area (Å²) in [4.78, 5) is 0. The van der Waals surface area contributed by atoms with E-state index >= 15 is 0 Å². The Morgan fingerprint density at radius 3 is 2.35 bits per heavy atom. The van der Waals surface area contributed by atoms with Gasteiger partial charge in [0.05, 0.1) is 6.61 Å². The van der Waals surface area contributed by atoms with E-state index in [1.165, 1.54) is 18.2 Å². The molecule has 1 aromatic carbocycles. The molecule has 1 aliphatic rings. The normalized spacial score (nSPS) is 16.4. The highest BCUT2D eigenvalue weighted by atomic mass is 35.5. The number of para-hydroxylation sites is 1. The van der Waals surface area contributed by atoms with Gasteiger partial charge in [0.1, 0.15) is 0 Å². The first-order chi connectivity index (χ1) is 7.77. The molecule has 1 fully saturated rings. The molecule has 0 amide bonds. The minimum atomic E-state index is -0.631. The van der Waals surface area contributed by atoms with Gasteiger partial charge in [-0.1, -0.05) is 6.07 Å². The van der Waals surface area contributed by atoms with E-state index in [0.29, 0.717) is 12.5 Å². The van der Waals surface area contributed by atoms with Gasteiger partial charge in [0.2, 0.25) is 0 Å². The van der Waals surface area contributed by atoms with Gasteiger partial charge in [0.25, 0.3) is 0 Å². The van der Waals surface area contributed by atoms with Crippen LogP contribution in [0.1, 0.15) is 12.8 Å². The van der Waals surface area contributed by atoms with E-state index in [1.807, 2.05) is 0 Å². The first kappa shape index (κ1) is 14.2. The quantitative estimate of drug-likeness (QED) is 0.905. The van der Waals surface area contributed by atoms with Crippen molar-refractivity contribution < 1.29 is 13.5 Å². The molecule has 0 atom stereocenters. The maximum absolute atomic E-state index is 13.2. The number of ether oxygens (including phenoxy) is 1. The molecule has 0 saturated carbocycles. The molecule has 0 bridgehead atoms. The van der Waals surface area contributed by atoms with Crippen molar-refractivity contribution in [2.75, 3.05) is 19.7 Å². The van der Waals surface area contributed by atoms with Crippen molar-refractivity contribution in [3.05, 3.63) is 29.8 Å². The van der Waals surface area contributed by atoms with E-state index < -0.39 is 11.6 Å². The monoisotopic (exact) mass is 263 g/mol. The van der Waals surface area contributed by atoms with Crippen LogP contribution in [0.4, 0.5) is 8.78 Å². The van der Waals surface area contributed by atoms with Crippen molar-refractivity contribution in [2.24, 2.45) is 5.92 Å². The lowest BCUT2D eigenvalue weighted by atomic mass is 9.99. The molecule has 5 heteroatoms. The summed E-state index contributed by atoms with van der Waals surface area (Å²) in [5.41, 5.74) is 0. The summed E-state index contributed by atoms with van der Waals surface area (Å²) in [6.07, 6.45) is 1.99. The summed E-state index contributed by atoms with van der Waals surface area (Å²) in [6.45, 7) is 2.29. The van der Waals surface area contributed by atoms with Crippen LogP contribution < -0.4 is 10.1 Å². The molecule has 2 nitrogen and oxygen atoms in total. The molecule has 1 heterocycles. The summed E-state index contributed by atoms with van der Waals surface area (Å²) >= 11 is 0. The van der Waals surface area contributed by atoms with Crippen LogP contribution in [0.2, 0.25) is 0 Å². The lowest BCUT2D eigenvalue weighted by Gasteiger charge is -2.22. The zero-order chi connectivity index (χ0) is 11.4. The Morgan fingerprint density at radius 2 is 1.76 bits per heavy atom. The summed E-state index contributed by atoms with van der Waals surface area (Å²) in [5.74, 6) is -1.12. The largest absolute Gasteiger partial charge is 0.487 e. The Hall–Kier alpha value is -0.870. The second-order valence-electron chi connectivity index (χ2n) is 4.06. The van der Waals surface area contributed by atoms with Crippen molar-refractivity contribution in [3.8, 4) is 5.75 Å². The van der Waals surface area contributed by atoms with Crippen LogP contribution in [-0.2, 0) is 0 Å². The van der Waals surface area contributed by atoms with Gasteiger partial charge in [-0.25, -0.2) is 8.78 Å². The first-order valence-electron chi connectivity index (χ1n) is 5.55. The van der Waals surface area contributed by atoms with Gasteiger partial charge < -0.3 is 10.1 Å². The fourth-order valence-electron chi connectivity index (χ4n) is 1.87. The summed E-state index contributed by atoms with van der Waals surface area (Å²) in [5, 5.41) is 3.23. The molecule has 1 aromatic rings. The Bertz CT molecular complexity index is 336. The standard InChI is InChI=1S/C12H15F2NO.ClH/c13-10-2-1-3-11(14)12(10)16-8-9-4-6-15-7-5-9;/h1-3,9,15H,4-8H2;1H. The highest BCUT2D eigenvalue weighted by molar-refractivity contribution is 5.85. The molecule has 2 rings (SSSR count). The molecule has 0 radical (unpaired) electrons. The summed E-state index contributed by atoms with van der Waals surface area (Å²) in [6, 6.07) is 3.75. The molecule has 0 spiro atoms. The van der Waals surface area contributed by atoms with Gasteiger partial charge in [-0.05, 0) is 44.0 Å². The molecule has 1 aliphatic heterocycles. The fraction of sp³-hybridized carbons (Fsp3) is 0.500. The maximum Gasteiger partial charge on any atom is 0.190 e. The predicted octanol–water partition coefficient (Wildman–Crippen LogP) is 2.77. The number of piperidine rings is 1. The SMILES string of the molecule is Cl.Fc1cccc(F)c1OCC1CCNCC1. The number of hydrogen-bond donors (Lipinski definition) is 1. The molecular weight excluding hydrogens is 248 g/mol. The molecule has 0 aliphatic carbocycles. The van der Waals surface area contributed by atoms with Gasteiger partial charge in [-0.3, -0.25) is 0 Å². The maximum atomic E-state index is 13.2. The van der Waals surface area contributed by atoms with E-state index in [4.69, 9.17) is 4.74 Å². The van der Waals surface area contributed by atoms with Crippen LogP contribution in [-0.4, -0.2) is 19.7 Å². The third-order valence-corrected chi connectivity index (χ3v) is 2.84. The lowest BCUT2D eigenvalue weighted by Crippen LogP contribution is -2.30. The van der Waals surface area contributed by atoms with E-state index in [-0.39, 0.29) is 18.2 Å². The van der Waals surface area contributed by atoms with Crippen molar-refractivity contribution >= 4 is 12.4 Å². The van der Waals surface area contributed by atoms with Crippen LogP contribution in [0.5, 0.6) is 5.75 Å². The number of benzene rings is 1. The van der Waals surface area contributed by atoms with Crippen molar-refractivity contribution in [2.45, 2.75) is 12.8 Å². The first-order valence-corrected chi connectivity index (χ1v) is 5.55. The second kappa shape index (κ2) is 6.77. The van der Waals surface area contributed by atoms with E-state index in [1.54, 1.807) is 0 Å². The smallest absolute Gasteiger partial charge is 0.190 e. The Kier molecular flexibility index (Phi) is 5.65. The molecule has 17 heavy (non-hydrogen) atoms. The number of rotatable bonds is 3. The third-order valence-electron chi connectivity index (χ3n) is 2.84. The molecular formula is C12H16ClF2NO. The van der Waals surface area contributed by atoms with Gasteiger partial charge in [0, 0.05) is 0 Å².